The lowest BCUT2D eigenvalue weighted by Crippen LogP contribution is -2.38. The van der Waals surface area contributed by atoms with Crippen LogP contribution in [0.1, 0.15) is 116 Å². The number of hydrogen-bond acceptors (Lipinski definition) is 7. The van der Waals surface area contributed by atoms with Gasteiger partial charge in [0.2, 0.25) is 0 Å². The van der Waals surface area contributed by atoms with E-state index >= 15 is 0 Å². The van der Waals surface area contributed by atoms with E-state index in [2.05, 4.69) is 11.7 Å². The Morgan fingerprint density at radius 2 is 1.31 bits per heavy atom. The fourth-order valence-corrected chi connectivity index (χ4v) is 5.27. The number of aliphatic hydroxyl groups is 1. The first-order chi connectivity index (χ1) is 18.5. The molecule has 0 rings (SSSR count). The molecule has 0 aromatic carbocycles. The lowest BCUT2D eigenvalue weighted by Gasteiger charge is -2.28. The van der Waals surface area contributed by atoms with Crippen LogP contribution in [0.4, 0.5) is 0 Å². The van der Waals surface area contributed by atoms with Gasteiger partial charge in [-0.25, -0.2) is 4.57 Å². The topological polar surface area (TPSA) is 112 Å². The second kappa shape index (κ2) is 24.1. The highest BCUT2D eigenvalue weighted by atomic mass is 31.2. The Kier molecular flexibility index (Phi) is 23.8. The summed E-state index contributed by atoms with van der Waals surface area (Å²) in [4.78, 5) is 21.7. The van der Waals surface area contributed by atoms with Crippen molar-refractivity contribution in [2.45, 2.75) is 128 Å². The van der Waals surface area contributed by atoms with Crippen LogP contribution in [0.25, 0.3) is 0 Å². The first-order valence-corrected chi connectivity index (χ1v) is 16.8. The molecule has 0 bridgehead atoms. The molecule has 3 atom stereocenters. The fraction of sp³-hybridized carbons (Fsp3) is 0.966. The molecule has 0 amide bonds. The predicted octanol–water partition coefficient (Wildman–Crippen LogP) is 6.40. The predicted molar refractivity (Wildman–Crippen MR) is 157 cm³/mol. The minimum absolute atomic E-state index is 0.0760. The molecule has 0 aliphatic carbocycles. The van der Waals surface area contributed by atoms with Crippen molar-refractivity contribution >= 4 is 13.8 Å². The van der Waals surface area contributed by atoms with Gasteiger partial charge in [0.15, 0.2) is 0 Å². The van der Waals surface area contributed by atoms with Gasteiger partial charge < -0.3 is 24.0 Å². The highest BCUT2D eigenvalue weighted by Gasteiger charge is 2.32. The third-order valence-corrected chi connectivity index (χ3v) is 7.85. The molecule has 0 fully saturated rings. The van der Waals surface area contributed by atoms with Crippen LogP contribution in [0.5, 0.6) is 0 Å². The normalized spacial score (nSPS) is 15.2. The molecule has 0 spiro atoms. The van der Waals surface area contributed by atoms with E-state index in [1.807, 2.05) is 21.1 Å². The van der Waals surface area contributed by atoms with Gasteiger partial charge in [0.1, 0.15) is 19.3 Å². The first kappa shape index (κ1) is 38.5. The second-order valence-corrected chi connectivity index (χ2v) is 13.0. The van der Waals surface area contributed by atoms with Crippen molar-refractivity contribution in [2.75, 3.05) is 54.6 Å². The largest absolute Gasteiger partial charge is 0.472 e. The number of phosphoric ester groups is 1. The maximum Gasteiger partial charge on any atom is 0.472 e. The van der Waals surface area contributed by atoms with Crippen LogP contribution < -0.4 is 0 Å². The number of unbranched alkanes of at least 4 members (excludes halogenated alkanes) is 13. The Balaban J connectivity index is 4.47. The maximum absolute atomic E-state index is 12.6. The molecule has 39 heavy (non-hydrogen) atoms. The Hall–Kier alpha value is -0.540. The van der Waals surface area contributed by atoms with Gasteiger partial charge in [0, 0.05) is 13.0 Å². The Bertz CT molecular complexity index is 629. The number of phosphoric acid groups is 1. The molecule has 0 aliphatic rings. The van der Waals surface area contributed by atoms with Crippen LogP contribution in [-0.4, -0.2) is 87.3 Å². The molecular formula is C29H61NO8P+. The summed E-state index contributed by atoms with van der Waals surface area (Å²) >= 11 is 0. The Morgan fingerprint density at radius 3 is 1.77 bits per heavy atom. The fourth-order valence-electron chi connectivity index (χ4n) is 4.31. The third-order valence-electron chi connectivity index (χ3n) is 6.81. The summed E-state index contributed by atoms with van der Waals surface area (Å²) in [6, 6.07) is 0. The number of ether oxygens (including phenoxy) is 2. The summed E-state index contributed by atoms with van der Waals surface area (Å²) in [7, 11) is 2.91. The number of quaternary nitrogens is 1. The van der Waals surface area contributed by atoms with Crippen LogP contribution in [0.3, 0.4) is 0 Å². The van der Waals surface area contributed by atoms with Gasteiger partial charge in [-0.2, -0.15) is 0 Å². The highest BCUT2D eigenvalue weighted by Crippen LogP contribution is 2.46. The average molecular weight is 583 g/mol. The number of hydrogen-bond donors (Lipinski definition) is 2. The molecule has 0 saturated carbocycles. The summed E-state index contributed by atoms with van der Waals surface area (Å²) in [5, 5.41) is 9.93. The minimum Gasteiger partial charge on any atom is -0.469 e. The van der Waals surface area contributed by atoms with Crippen molar-refractivity contribution in [3.8, 4) is 0 Å². The van der Waals surface area contributed by atoms with Crippen LogP contribution >= 0.6 is 7.82 Å². The summed E-state index contributed by atoms with van der Waals surface area (Å²) in [5.41, 5.74) is 0. The molecule has 1 unspecified atom stereocenters. The van der Waals surface area contributed by atoms with Crippen LogP contribution in [-0.2, 0) is 27.9 Å². The molecule has 2 N–H and O–H groups in total. The van der Waals surface area contributed by atoms with Crippen molar-refractivity contribution in [3.05, 3.63) is 0 Å². The van der Waals surface area contributed by atoms with Crippen molar-refractivity contribution in [2.24, 2.45) is 0 Å². The van der Waals surface area contributed by atoms with Gasteiger partial charge in [-0.05, 0) is 12.8 Å². The smallest absolute Gasteiger partial charge is 0.469 e. The van der Waals surface area contributed by atoms with Gasteiger partial charge >= 0.3 is 13.8 Å². The summed E-state index contributed by atoms with van der Waals surface area (Å²) in [6.45, 7) is 2.72. The van der Waals surface area contributed by atoms with E-state index in [1.165, 1.54) is 77.7 Å². The summed E-state index contributed by atoms with van der Waals surface area (Å²) in [5.74, 6) is -0.333. The average Bonchev–Trinajstić information content (AvgIpc) is 2.87. The second-order valence-electron chi connectivity index (χ2n) is 11.6. The zero-order chi connectivity index (χ0) is 29.4. The standard InChI is InChI=1S/C29H60NO8P/c1-6-7-8-9-10-11-12-13-14-15-16-17-18-19-21-27(28(26-31)36-24-20-22-29(32)35-5)38-39(33,34)37-25-23-30(2,3)4/h27-28,31H,6-26H2,1-5H3/p+1/t27-,28+/m1/s1. The van der Waals surface area contributed by atoms with Gasteiger partial charge in [0.25, 0.3) is 0 Å². The molecule has 10 heteroatoms. The maximum atomic E-state index is 12.6. The van der Waals surface area contributed by atoms with Gasteiger partial charge in [-0.1, -0.05) is 96.8 Å². The van der Waals surface area contributed by atoms with Crippen molar-refractivity contribution in [3.63, 3.8) is 0 Å². The number of methoxy groups -OCH3 is 1. The molecule has 0 saturated heterocycles. The SMILES string of the molecule is CCCCCCCCCCCCCCCC[C@@H](OP(=O)(O)OCC[N+](C)(C)C)[C@H](CO)OCCCC(=O)OC. The van der Waals surface area contributed by atoms with Crippen molar-refractivity contribution in [1.29, 1.82) is 0 Å². The van der Waals surface area contributed by atoms with Crippen molar-refractivity contribution in [1.82, 2.24) is 0 Å². The van der Waals surface area contributed by atoms with E-state index in [9.17, 15) is 19.4 Å². The molecule has 0 aliphatic heterocycles. The Morgan fingerprint density at radius 1 is 0.795 bits per heavy atom. The first-order valence-electron chi connectivity index (χ1n) is 15.3. The van der Waals surface area contributed by atoms with E-state index in [-0.39, 0.29) is 32.2 Å². The van der Waals surface area contributed by atoms with Crippen molar-refractivity contribution < 1.29 is 42.4 Å². The van der Waals surface area contributed by atoms with Crippen LogP contribution in [0.2, 0.25) is 0 Å². The number of carbonyl (C=O) groups excluding carboxylic acids is 1. The minimum atomic E-state index is -4.32. The lowest BCUT2D eigenvalue weighted by molar-refractivity contribution is -0.870. The number of likely N-dealkylation sites (N-methyl/N-ethyl adjacent to an activating group) is 1. The third kappa shape index (κ3) is 24.9. The molecule has 0 aromatic heterocycles. The van der Waals surface area contributed by atoms with Gasteiger partial charge in [-0.15, -0.1) is 0 Å². The molecule has 234 valence electrons. The highest BCUT2D eigenvalue weighted by molar-refractivity contribution is 7.47. The number of esters is 1. The molecule has 0 radical (unpaired) electrons. The quantitative estimate of drug-likeness (QED) is 0.0472. The van der Waals surface area contributed by atoms with Crippen LogP contribution in [0, 0.1) is 0 Å². The molecule has 9 nitrogen and oxygen atoms in total. The van der Waals surface area contributed by atoms with Gasteiger partial charge in [0.05, 0.1) is 41.0 Å². The zero-order valence-corrected chi connectivity index (χ0v) is 26.6. The van der Waals surface area contributed by atoms with E-state index < -0.39 is 20.0 Å². The molecule has 0 heterocycles. The van der Waals surface area contributed by atoms with E-state index in [4.69, 9.17) is 13.8 Å². The van der Waals surface area contributed by atoms with Gasteiger partial charge in [-0.3, -0.25) is 13.8 Å². The number of carbonyl (C=O) groups is 1. The van der Waals surface area contributed by atoms with E-state index in [1.54, 1.807) is 0 Å². The number of nitrogens with zero attached hydrogens (tertiary/aromatic N) is 1. The molecular weight excluding hydrogens is 521 g/mol. The van der Waals surface area contributed by atoms with E-state index in [0.29, 0.717) is 23.9 Å². The monoisotopic (exact) mass is 582 g/mol. The zero-order valence-electron chi connectivity index (χ0n) is 25.7. The lowest BCUT2D eigenvalue weighted by atomic mass is 10.0. The Labute approximate surface area is 239 Å². The molecule has 0 aromatic rings. The summed E-state index contributed by atoms with van der Waals surface area (Å²) < 4.78 is 34.3. The summed E-state index contributed by atoms with van der Waals surface area (Å²) in [6.07, 6.45) is 16.9. The number of rotatable bonds is 28. The van der Waals surface area contributed by atoms with E-state index in [0.717, 1.165) is 19.3 Å². The number of aliphatic hydroxyl groups excluding tert-OH is 1. The van der Waals surface area contributed by atoms with Crippen LogP contribution in [0.15, 0.2) is 0 Å².